The van der Waals surface area contributed by atoms with Crippen LogP contribution in [0.15, 0.2) is 87.5 Å². The van der Waals surface area contributed by atoms with Crippen molar-refractivity contribution in [2.75, 3.05) is 10.6 Å². The Morgan fingerprint density at radius 2 is 1.53 bits per heavy atom. The van der Waals surface area contributed by atoms with Crippen molar-refractivity contribution in [2.45, 2.75) is 47.1 Å². The molecule has 4 aromatic rings. The highest BCUT2D eigenvalue weighted by Gasteiger charge is 2.33. The lowest BCUT2D eigenvalue weighted by atomic mass is 10.2. The molecule has 0 saturated heterocycles. The zero-order valence-electron chi connectivity index (χ0n) is 23.2. The van der Waals surface area contributed by atoms with Crippen LogP contribution in [0.5, 0.6) is 5.75 Å². The van der Waals surface area contributed by atoms with Crippen LogP contribution in [0.1, 0.15) is 34.8 Å². The molecule has 0 fully saturated rings. The molecule has 0 spiro atoms. The molecular formula is C31H27Cl3N2O5S2. The summed E-state index contributed by atoms with van der Waals surface area (Å²) in [6, 6.07) is 19.2. The van der Waals surface area contributed by atoms with Crippen LogP contribution in [-0.2, 0) is 14.6 Å². The van der Waals surface area contributed by atoms with Gasteiger partial charge in [-0.3, -0.25) is 9.59 Å². The van der Waals surface area contributed by atoms with E-state index in [0.29, 0.717) is 0 Å². The van der Waals surface area contributed by atoms with Crippen LogP contribution in [0.3, 0.4) is 0 Å². The number of amides is 2. The van der Waals surface area contributed by atoms with E-state index >= 15 is 0 Å². The topological polar surface area (TPSA) is 113 Å². The Bertz CT molecular complexity index is 1810. The van der Waals surface area contributed by atoms with Gasteiger partial charge in [0.15, 0.2) is 9.84 Å². The summed E-state index contributed by atoms with van der Waals surface area (Å²) in [7, 11) is -4.06. The van der Waals surface area contributed by atoms with E-state index in [4.69, 9.17) is 34.8 Å². The van der Waals surface area contributed by atoms with Crippen LogP contribution in [0.2, 0.25) is 15.1 Å². The molecule has 0 heterocycles. The van der Waals surface area contributed by atoms with Crippen molar-refractivity contribution < 1.29 is 23.1 Å². The molecule has 4 aromatic carbocycles. The lowest BCUT2D eigenvalue weighted by Gasteiger charge is -2.18. The quantitative estimate of drug-likeness (QED) is 0.153. The zero-order valence-corrected chi connectivity index (χ0v) is 27.1. The Hall–Kier alpha value is -3.21. The molecule has 1 atom stereocenters. The summed E-state index contributed by atoms with van der Waals surface area (Å²) in [5.41, 5.74) is 2.38. The Kier molecular flexibility index (Phi) is 10.4. The summed E-state index contributed by atoms with van der Waals surface area (Å²) in [5.74, 6) is -1.80. The van der Waals surface area contributed by atoms with Crippen molar-refractivity contribution in [3.8, 4) is 5.75 Å². The van der Waals surface area contributed by atoms with Gasteiger partial charge in [0.1, 0.15) is 11.0 Å². The highest BCUT2D eigenvalue weighted by atomic mass is 35.5. The average Bonchev–Trinajstić information content (AvgIpc) is 2.95. The summed E-state index contributed by atoms with van der Waals surface area (Å²) in [6.07, 6.45) is -0.00541. The predicted molar refractivity (Wildman–Crippen MR) is 174 cm³/mol. The smallest absolute Gasteiger partial charge is 0.255 e. The maximum absolute atomic E-state index is 13.5. The second kappa shape index (κ2) is 13.6. The Labute approximate surface area is 269 Å². The minimum atomic E-state index is -4.06. The fourth-order valence-corrected chi connectivity index (χ4v) is 7.29. The van der Waals surface area contributed by atoms with E-state index in [9.17, 15) is 23.1 Å². The minimum absolute atomic E-state index is 0.00541. The molecule has 4 rings (SSSR count). The van der Waals surface area contributed by atoms with Gasteiger partial charge >= 0.3 is 0 Å². The van der Waals surface area contributed by atoms with E-state index in [2.05, 4.69) is 16.7 Å². The third-order valence-electron chi connectivity index (χ3n) is 6.53. The molecule has 43 heavy (non-hydrogen) atoms. The van der Waals surface area contributed by atoms with Gasteiger partial charge in [0.05, 0.1) is 31.3 Å². The first-order valence-corrected chi connectivity index (χ1v) is 16.5. The number of hydrogen-bond donors (Lipinski definition) is 3. The van der Waals surface area contributed by atoms with E-state index in [1.54, 1.807) is 19.1 Å². The van der Waals surface area contributed by atoms with Crippen molar-refractivity contribution in [3.05, 3.63) is 105 Å². The SMILES string of the molecule is CCC(C(=O)Nc1cc(O)c(NC(=O)c2ccc(Cl)c(Cl)c2)cc1Cl)S(=O)(=O)c1ccc(Sc2cc(C)ccc2C)cc1. The summed E-state index contributed by atoms with van der Waals surface area (Å²) in [5, 5.41) is 14.6. The van der Waals surface area contributed by atoms with Crippen molar-refractivity contribution >= 4 is 79.6 Å². The first kappa shape index (κ1) is 32.7. The number of phenols is 1. The average molecular weight is 678 g/mol. The number of nitrogens with one attached hydrogen (secondary N) is 2. The highest BCUT2D eigenvalue weighted by Crippen LogP contribution is 2.36. The molecule has 0 bridgehead atoms. The number of carbonyl (C=O) groups is 2. The van der Waals surface area contributed by atoms with Crippen LogP contribution in [0.4, 0.5) is 11.4 Å². The third-order valence-corrected chi connectivity index (χ3v) is 11.0. The maximum Gasteiger partial charge on any atom is 0.255 e. The monoisotopic (exact) mass is 676 g/mol. The fourth-order valence-electron chi connectivity index (χ4n) is 4.15. The standard InChI is InChI=1S/C31H27Cl3N2O5S2/c1-4-29(43(40,41)21-10-8-20(9-11-21)42-28-13-17(2)5-6-18(28)3)31(39)35-25-16-27(37)26(15-24(25)34)36-30(38)19-7-12-22(32)23(33)14-19/h5-16,29,37H,4H2,1-3H3,(H,35,39)(H,36,38). The van der Waals surface area contributed by atoms with Gasteiger partial charge in [0, 0.05) is 21.4 Å². The molecule has 1 unspecified atom stereocenters. The van der Waals surface area contributed by atoms with Gasteiger partial charge in [0.2, 0.25) is 5.91 Å². The maximum atomic E-state index is 13.5. The van der Waals surface area contributed by atoms with Crippen LogP contribution in [-0.4, -0.2) is 30.6 Å². The normalized spacial score (nSPS) is 12.0. The van der Waals surface area contributed by atoms with Gasteiger partial charge in [0.25, 0.3) is 5.91 Å². The van der Waals surface area contributed by atoms with Crippen molar-refractivity contribution in [1.29, 1.82) is 0 Å². The molecular weight excluding hydrogens is 651 g/mol. The van der Waals surface area contributed by atoms with Gasteiger partial charge < -0.3 is 15.7 Å². The molecule has 224 valence electrons. The Balaban J connectivity index is 1.48. The largest absolute Gasteiger partial charge is 0.506 e. The number of benzene rings is 4. The molecule has 7 nitrogen and oxygen atoms in total. The number of aryl methyl sites for hydroxylation is 2. The molecule has 0 aliphatic heterocycles. The van der Waals surface area contributed by atoms with Crippen molar-refractivity contribution in [3.63, 3.8) is 0 Å². The van der Waals surface area contributed by atoms with E-state index in [1.807, 2.05) is 26.0 Å². The zero-order chi connectivity index (χ0) is 31.5. The second-order valence-electron chi connectivity index (χ2n) is 9.71. The van der Waals surface area contributed by atoms with E-state index in [1.165, 1.54) is 48.2 Å². The first-order chi connectivity index (χ1) is 20.3. The Morgan fingerprint density at radius 1 is 0.837 bits per heavy atom. The van der Waals surface area contributed by atoms with Gasteiger partial charge in [-0.25, -0.2) is 8.42 Å². The summed E-state index contributed by atoms with van der Waals surface area (Å²) >= 11 is 19.7. The number of phenolic OH excluding ortho intramolecular Hbond substituents is 1. The van der Waals surface area contributed by atoms with Crippen LogP contribution in [0.25, 0.3) is 0 Å². The lowest BCUT2D eigenvalue weighted by Crippen LogP contribution is -2.34. The number of aromatic hydroxyl groups is 1. The summed E-state index contributed by atoms with van der Waals surface area (Å²) in [6.45, 7) is 5.61. The van der Waals surface area contributed by atoms with Gasteiger partial charge in [-0.05, 0) is 86.0 Å². The number of carbonyl (C=O) groups excluding carboxylic acids is 2. The van der Waals surface area contributed by atoms with E-state index in [-0.39, 0.29) is 43.3 Å². The molecule has 0 saturated carbocycles. The second-order valence-corrected chi connectivity index (χ2v) is 14.2. The minimum Gasteiger partial charge on any atom is -0.506 e. The molecule has 3 N–H and O–H groups in total. The number of rotatable bonds is 9. The number of halogens is 3. The van der Waals surface area contributed by atoms with Gasteiger partial charge in [-0.1, -0.05) is 65.6 Å². The number of sulfone groups is 1. The molecule has 0 radical (unpaired) electrons. The summed E-state index contributed by atoms with van der Waals surface area (Å²) in [4.78, 5) is 27.7. The van der Waals surface area contributed by atoms with Crippen molar-refractivity contribution in [1.82, 2.24) is 0 Å². The van der Waals surface area contributed by atoms with Gasteiger partial charge in [-0.15, -0.1) is 0 Å². The van der Waals surface area contributed by atoms with E-state index < -0.39 is 32.7 Å². The first-order valence-electron chi connectivity index (χ1n) is 13.0. The molecule has 2 amide bonds. The highest BCUT2D eigenvalue weighted by molar-refractivity contribution is 7.99. The number of anilines is 2. The van der Waals surface area contributed by atoms with Crippen LogP contribution in [0, 0.1) is 13.8 Å². The Morgan fingerprint density at radius 3 is 2.19 bits per heavy atom. The van der Waals surface area contributed by atoms with Gasteiger partial charge in [-0.2, -0.15) is 0 Å². The van der Waals surface area contributed by atoms with E-state index in [0.717, 1.165) is 27.0 Å². The molecule has 0 aliphatic rings. The lowest BCUT2D eigenvalue weighted by molar-refractivity contribution is -0.115. The van der Waals surface area contributed by atoms with Crippen molar-refractivity contribution in [2.24, 2.45) is 0 Å². The number of hydrogen-bond acceptors (Lipinski definition) is 6. The van der Waals surface area contributed by atoms with Crippen LogP contribution < -0.4 is 10.6 Å². The molecule has 12 heteroatoms. The van der Waals surface area contributed by atoms with Crippen LogP contribution >= 0.6 is 46.6 Å². The third kappa shape index (κ3) is 7.66. The summed E-state index contributed by atoms with van der Waals surface area (Å²) < 4.78 is 26.9. The fraction of sp³-hybridized carbons (Fsp3) is 0.161. The predicted octanol–water partition coefficient (Wildman–Crippen LogP) is 8.56. The molecule has 0 aromatic heterocycles. The molecule has 0 aliphatic carbocycles.